The second-order valence-electron chi connectivity index (χ2n) is 5.17. The predicted octanol–water partition coefficient (Wildman–Crippen LogP) is 2.63. The molecular formula is C16H17N5. The van der Waals surface area contributed by atoms with Crippen molar-refractivity contribution in [2.75, 3.05) is 0 Å². The molecule has 0 fully saturated rings. The van der Waals surface area contributed by atoms with Gasteiger partial charge in [0.1, 0.15) is 5.84 Å². The average Bonchev–Trinajstić information content (AvgIpc) is 2.73. The molecule has 0 amide bonds. The van der Waals surface area contributed by atoms with Crippen LogP contribution in [0.4, 0.5) is 0 Å². The number of amidine groups is 1. The largest absolute Gasteiger partial charge is 0.384 e. The summed E-state index contributed by atoms with van der Waals surface area (Å²) in [4.78, 5) is 4.66. The lowest BCUT2D eigenvalue weighted by Crippen LogP contribution is -2.17. The van der Waals surface area contributed by atoms with Gasteiger partial charge in [-0.1, -0.05) is 18.2 Å². The maximum absolute atomic E-state index is 7.83. The zero-order valence-corrected chi connectivity index (χ0v) is 12.3. The number of nitrogens with one attached hydrogen (secondary N) is 1. The Morgan fingerprint density at radius 1 is 1.19 bits per heavy atom. The third-order valence-electron chi connectivity index (χ3n) is 3.85. The maximum atomic E-state index is 7.83. The van der Waals surface area contributed by atoms with E-state index in [-0.39, 0.29) is 5.84 Å². The second-order valence-corrected chi connectivity index (χ2v) is 5.17. The molecule has 0 bridgehead atoms. The van der Waals surface area contributed by atoms with E-state index in [1.807, 2.05) is 51.1 Å². The van der Waals surface area contributed by atoms with Crippen molar-refractivity contribution in [3.05, 3.63) is 52.8 Å². The molecule has 3 rings (SSSR count). The van der Waals surface area contributed by atoms with Gasteiger partial charge in [0.15, 0.2) is 5.82 Å². The quantitative estimate of drug-likeness (QED) is 0.559. The molecule has 0 radical (unpaired) electrons. The fraction of sp³-hybridized carbons (Fsp3) is 0.188. The zero-order chi connectivity index (χ0) is 15.1. The van der Waals surface area contributed by atoms with Gasteiger partial charge in [-0.3, -0.25) is 5.41 Å². The first kappa shape index (κ1) is 13.3. The van der Waals surface area contributed by atoms with Gasteiger partial charge in [-0.15, -0.1) is 0 Å². The van der Waals surface area contributed by atoms with Crippen LogP contribution in [-0.2, 0) is 0 Å². The predicted molar refractivity (Wildman–Crippen MR) is 84.1 cm³/mol. The number of hydrogen-bond acceptors (Lipinski definition) is 3. The Balaban J connectivity index is 2.36. The van der Waals surface area contributed by atoms with Crippen molar-refractivity contribution in [1.82, 2.24) is 14.8 Å². The van der Waals surface area contributed by atoms with E-state index in [2.05, 4.69) is 10.1 Å². The van der Waals surface area contributed by atoms with Crippen molar-refractivity contribution in [3.8, 4) is 5.82 Å². The van der Waals surface area contributed by atoms with Crippen LogP contribution in [-0.4, -0.2) is 20.6 Å². The van der Waals surface area contributed by atoms with Crippen molar-refractivity contribution in [2.24, 2.45) is 5.73 Å². The molecule has 5 heteroatoms. The number of nitrogen functional groups attached to an aromatic ring is 1. The fourth-order valence-corrected chi connectivity index (χ4v) is 2.39. The van der Waals surface area contributed by atoms with Crippen LogP contribution < -0.4 is 5.73 Å². The zero-order valence-electron chi connectivity index (χ0n) is 12.3. The smallest absolute Gasteiger partial charge is 0.165 e. The Kier molecular flexibility index (Phi) is 2.97. The summed E-state index contributed by atoms with van der Waals surface area (Å²) in [7, 11) is 0. The number of aromatic nitrogens is 3. The van der Waals surface area contributed by atoms with Crippen LogP contribution in [0.1, 0.15) is 22.5 Å². The number of hydrogen-bond donors (Lipinski definition) is 2. The summed E-state index contributed by atoms with van der Waals surface area (Å²) in [6.07, 6.45) is 0. The van der Waals surface area contributed by atoms with Gasteiger partial charge in [0.2, 0.25) is 0 Å². The molecule has 3 N–H and O–H groups in total. The summed E-state index contributed by atoms with van der Waals surface area (Å²) in [6.45, 7) is 5.99. The monoisotopic (exact) mass is 279 g/mol. The molecule has 2 aromatic heterocycles. The molecule has 21 heavy (non-hydrogen) atoms. The number of pyridine rings is 1. The molecule has 0 saturated heterocycles. The van der Waals surface area contributed by atoms with Crippen LogP contribution in [0.5, 0.6) is 0 Å². The summed E-state index contributed by atoms with van der Waals surface area (Å²) >= 11 is 0. The third-order valence-corrected chi connectivity index (χ3v) is 3.85. The molecule has 0 unspecified atom stereocenters. The number of nitrogens with zero attached hydrogens (tertiary/aromatic N) is 3. The topological polar surface area (TPSA) is 80.6 Å². The lowest BCUT2D eigenvalue weighted by Gasteiger charge is -2.11. The normalized spacial score (nSPS) is 11.0. The molecule has 0 aliphatic rings. The first-order valence-electron chi connectivity index (χ1n) is 6.76. The molecular weight excluding hydrogens is 262 g/mol. The second kappa shape index (κ2) is 4.70. The standard InChI is InChI=1S/C16H17N5/c1-9-10(2)20-21(11(9)3)16-13(15(17)18)8-12-6-4-5-7-14(12)19-16/h4-8H,1-3H3,(H3,17,18). The lowest BCUT2D eigenvalue weighted by atomic mass is 10.1. The maximum Gasteiger partial charge on any atom is 0.165 e. The molecule has 106 valence electrons. The fourth-order valence-electron chi connectivity index (χ4n) is 2.39. The summed E-state index contributed by atoms with van der Waals surface area (Å²) in [5.41, 5.74) is 10.3. The highest BCUT2D eigenvalue weighted by Crippen LogP contribution is 2.22. The van der Waals surface area contributed by atoms with Crippen molar-refractivity contribution < 1.29 is 0 Å². The van der Waals surface area contributed by atoms with E-state index in [9.17, 15) is 0 Å². The molecule has 0 spiro atoms. The van der Waals surface area contributed by atoms with Crippen LogP contribution in [0.3, 0.4) is 0 Å². The van der Waals surface area contributed by atoms with Crippen molar-refractivity contribution in [1.29, 1.82) is 5.41 Å². The summed E-state index contributed by atoms with van der Waals surface area (Å²) < 4.78 is 1.77. The van der Waals surface area contributed by atoms with Crippen LogP contribution in [0.25, 0.3) is 16.7 Å². The molecule has 1 aromatic carbocycles. The van der Waals surface area contributed by atoms with Crippen molar-refractivity contribution >= 4 is 16.7 Å². The van der Waals surface area contributed by atoms with E-state index >= 15 is 0 Å². The number of benzene rings is 1. The van der Waals surface area contributed by atoms with Gasteiger partial charge in [-0.2, -0.15) is 5.10 Å². The van der Waals surface area contributed by atoms with Crippen LogP contribution in [0.15, 0.2) is 30.3 Å². The van der Waals surface area contributed by atoms with Crippen LogP contribution in [0, 0.1) is 26.2 Å². The Morgan fingerprint density at radius 3 is 2.52 bits per heavy atom. The summed E-state index contributed by atoms with van der Waals surface area (Å²) in [5, 5.41) is 13.3. The van der Waals surface area contributed by atoms with Crippen LogP contribution in [0.2, 0.25) is 0 Å². The number of nitrogens with two attached hydrogens (primary N) is 1. The highest BCUT2D eigenvalue weighted by atomic mass is 15.3. The van der Waals surface area contributed by atoms with E-state index in [4.69, 9.17) is 11.1 Å². The van der Waals surface area contributed by atoms with E-state index in [1.165, 1.54) is 0 Å². The molecule has 0 saturated carbocycles. The van der Waals surface area contributed by atoms with Gasteiger partial charge in [-0.05, 0) is 38.5 Å². The number of aryl methyl sites for hydroxylation is 1. The average molecular weight is 279 g/mol. The highest BCUT2D eigenvalue weighted by Gasteiger charge is 2.16. The Labute approximate surface area is 122 Å². The molecule has 0 aliphatic heterocycles. The Hall–Kier alpha value is -2.69. The first-order valence-corrected chi connectivity index (χ1v) is 6.76. The molecule has 0 aliphatic carbocycles. The lowest BCUT2D eigenvalue weighted by molar-refractivity contribution is 0.808. The van der Waals surface area contributed by atoms with E-state index in [1.54, 1.807) is 4.68 Å². The minimum Gasteiger partial charge on any atom is -0.384 e. The number of fused-ring (bicyclic) bond motifs is 1. The van der Waals surface area contributed by atoms with E-state index < -0.39 is 0 Å². The van der Waals surface area contributed by atoms with E-state index in [0.29, 0.717) is 11.4 Å². The van der Waals surface area contributed by atoms with Crippen molar-refractivity contribution in [3.63, 3.8) is 0 Å². The van der Waals surface area contributed by atoms with E-state index in [0.717, 1.165) is 27.9 Å². The van der Waals surface area contributed by atoms with Gasteiger partial charge in [0.25, 0.3) is 0 Å². The molecule has 5 nitrogen and oxygen atoms in total. The third kappa shape index (κ3) is 2.07. The SMILES string of the molecule is Cc1nn(-c2nc3ccccc3cc2C(=N)N)c(C)c1C. The van der Waals surface area contributed by atoms with Gasteiger partial charge < -0.3 is 5.73 Å². The first-order chi connectivity index (χ1) is 9.99. The Morgan fingerprint density at radius 2 is 1.90 bits per heavy atom. The van der Waals surface area contributed by atoms with Gasteiger partial charge in [0, 0.05) is 11.1 Å². The van der Waals surface area contributed by atoms with Gasteiger partial charge >= 0.3 is 0 Å². The molecule has 2 heterocycles. The molecule has 0 atom stereocenters. The molecule has 3 aromatic rings. The van der Waals surface area contributed by atoms with Gasteiger partial charge in [-0.25, -0.2) is 9.67 Å². The number of para-hydroxylation sites is 1. The minimum atomic E-state index is -0.00606. The van der Waals surface area contributed by atoms with Crippen LogP contribution >= 0.6 is 0 Å². The van der Waals surface area contributed by atoms with Crippen molar-refractivity contribution in [2.45, 2.75) is 20.8 Å². The minimum absolute atomic E-state index is 0.00606. The Bertz CT molecular complexity index is 860. The van der Waals surface area contributed by atoms with Gasteiger partial charge in [0.05, 0.1) is 16.8 Å². The summed E-state index contributed by atoms with van der Waals surface area (Å²) in [5.74, 6) is 0.600. The summed E-state index contributed by atoms with van der Waals surface area (Å²) in [6, 6.07) is 9.69. The highest BCUT2D eigenvalue weighted by molar-refractivity contribution is 6.01. The number of rotatable bonds is 2.